The number of Topliss-reactive ketones (excluding diaryl/α,β-unsaturated/α-hetero) is 3. The van der Waals surface area contributed by atoms with Gasteiger partial charge >= 0.3 is 0 Å². The van der Waals surface area contributed by atoms with Crippen LogP contribution in [-0.4, -0.2) is 38.3 Å². The van der Waals surface area contributed by atoms with Crippen LogP contribution in [-0.2, 0) is 17.6 Å². The normalized spacial score (nSPS) is 21.9. The van der Waals surface area contributed by atoms with Gasteiger partial charge in [0.1, 0.15) is 17.1 Å². The number of carbonyl (C=O) groups excluding carboxylic acids is 3. The number of hydrogen-bond acceptors (Lipinski definition) is 6. The third-order valence-corrected chi connectivity index (χ3v) is 5.21. The zero-order chi connectivity index (χ0) is 19.4. The van der Waals surface area contributed by atoms with E-state index in [1.807, 2.05) is 0 Å². The van der Waals surface area contributed by atoms with Gasteiger partial charge in [0.2, 0.25) is 0 Å². The largest absolute Gasteiger partial charge is 0.507 e. The summed E-state index contributed by atoms with van der Waals surface area (Å²) in [6.07, 6.45) is 2.30. The Hall–Kier alpha value is -2.99. The Bertz CT molecular complexity index is 950. The van der Waals surface area contributed by atoms with Crippen LogP contribution in [0.1, 0.15) is 45.2 Å². The monoisotopic (exact) mass is 354 g/mol. The molecule has 0 bridgehead atoms. The summed E-state index contributed by atoms with van der Waals surface area (Å²) in [5.74, 6) is -2.67. The predicted octanol–water partition coefficient (Wildman–Crippen LogP) is 1.95. The second-order valence-electron chi connectivity index (χ2n) is 6.56. The lowest BCUT2D eigenvalue weighted by molar-refractivity contribution is -0.136. The van der Waals surface area contributed by atoms with Crippen molar-refractivity contribution in [3.05, 3.63) is 58.7 Å². The van der Waals surface area contributed by atoms with Crippen LogP contribution < -0.4 is 0 Å². The molecule has 2 aliphatic carbocycles. The predicted molar refractivity (Wildman–Crippen MR) is 93.5 cm³/mol. The summed E-state index contributed by atoms with van der Waals surface area (Å²) >= 11 is 0. The quantitative estimate of drug-likeness (QED) is 0.716. The summed E-state index contributed by atoms with van der Waals surface area (Å²) in [6.45, 7) is 8.28. The van der Waals surface area contributed by atoms with Gasteiger partial charge in [0, 0.05) is 28.7 Å². The van der Waals surface area contributed by atoms with Crippen molar-refractivity contribution in [3.63, 3.8) is 0 Å². The number of allylic oxidation sites excluding steroid dienone is 4. The van der Waals surface area contributed by atoms with Crippen LogP contribution in [0.3, 0.4) is 0 Å². The fourth-order valence-electron chi connectivity index (χ4n) is 3.66. The number of rotatable bonds is 3. The number of ketones is 3. The molecule has 0 saturated carbocycles. The fourth-order valence-corrected chi connectivity index (χ4v) is 3.66. The van der Waals surface area contributed by atoms with E-state index in [0.29, 0.717) is 0 Å². The Morgan fingerprint density at radius 2 is 1.46 bits per heavy atom. The minimum Gasteiger partial charge on any atom is -0.507 e. The molecule has 1 atom stereocenters. The number of benzene rings is 1. The Labute approximate surface area is 149 Å². The molecule has 1 aromatic rings. The van der Waals surface area contributed by atoms with Crippen LogP contribution in [0.2, 0.25) is 0 Å². The second-order valence-corrected chi connectivity index (χ2v) is 6.56. The van der Waals surface area contributed by atoms with Gasteiger partial charge < -0.3 is 15.3 Å². The summed E-state index contributed by atoms with van der Waals surface area (Å²) in [4.78, 5) is 37.3. The van der Waals surface area contributed by atoms with Crippen molar-refractivity contribution in [1.82, 2.24) is 0 Å². The molecule has 0 radical (unpaired) electrons. The van der Waals surface area contributed by atoms with E-state index in [-0.39, 0.29) is 52.7 Å². The molecule has 6 heteroatoms. The minimum absolute atomic E-state index is 0.00296. The van der Waals surface area contributed by atoms with E-state index in [9.17, 15) is 29.7 Å². The van der Waals surface area contributed by atoms with Gasteiger partial charge in [0.05, 0.1) is 11.1 Å². The standard InChI is InChI=1S/C20H18O6/c1-4-10-11(5-2)17(23)15-14(16(10)22)18(24)12-6-7-20(26,9(3)21)8-13(12)19(15)25/h4-5,24-26H,1-2,6-8H2,3H3. The Kier molecular flexibility index (Phi) is 3.96. The maximum atomic E-state index is 12.8. The number of hydrogen-bond donors (Lipinski definition) is 3. The van der Waals surface area contributed by atoms with Gasteiger partial charge in [0.25, 0.3) is 0 Å². The van der Waals surface area contributed by atoms with E-state index >= 15 is 0 Å². The van der Waals surface area contributed by atoms with E-state index in [1.165, 1.54) is 19.1 Å². The summed E-state index contributed by atoms with van der Waals surface area (Å²) in [5, 5.41) is 31.8. The van der Waals surface area contributed by atoms with Crippen molar-refractivity contribution in [2.24, 2.45) is 0 Å². The number of carbonyl (C=O) groups is 3. The van der Waals surface area contributed by atoms with Gasteiger partial charge in [-0.1, -0.05) is 25.3 Å². The third kappa shape index (κ3) is 2.19. The fraction of sp³-hybridized carbons (Fsp3) is 0.250. The summed E-state index contributed by atoms with van der Waals surface area (Å²) in [7, 11) is 0. The minimum atomic E-state index is -1.68. The van der Waals surface area contributed by atoms with Gasteiger partial charge in [-0.15, -0.1) is 0 Å². The first-order valence-corrected chi connectivity index (χ1v) is 8.09. The first-order chi connectivity index (χ1) is 12.2. The molecule has 0 fully saturated rings. The van der Waals surface area contributed by atoms with Crippen LogP contribution in [0.15, 0.2) is 36.5 Å². The van der Waals surface area contributed by atoms with Crippen LogP contribution in [0, 0.1) is 0 Å². The summed E-state index contributed by atoms with van der Waals surface area (Å²) in [5.41, 5.74) is -1.95. The molecule has 26 heavy (non-hydrogen) atoms. The van der Waals surface area contributed by atoms with Crippen molar-refractivity contribution in [3.8, 4) is 11.5 Å². The van der Waals surface area contributed by atoms with Gasteiger partial charge in [-0.05, 0) is 19.8 Å². The van der Waals surface area contributed by atoms with E-state index in [0.717, 1.165) is 0 Å². The number of aliphatic hydroxyl groups is 1. The molecule has 0 spiro atoms. The highest BCUT2D eigenvalue weighted by Crippen LogP contribution is 2.47. The van der Waals surface area contributed by atoms with Crippen molar-refractivity contribution in [1.29, 1.82) is 0 Å². The van der Waals surface area contributed by atoms with Crippen molar-refractivity contribution >= 4 is 17.3 Å². The first kappa shape index (κ1) is 17.8. The topological polar surface area (TPSA) is 112 Å². The molecule has 1 unspecified atom stereocenters. The molecule has 1 aromatic carbocycles. The molecule has 0 amide bonds. The first-order valence-electron chi connectivity index (χ1n) is 8.09. The Morgan fingerprint density at radius 1 is 1.00 bits per heavy atom. The Balaban J connectivity index is 2.33. The maximum Gasteiger partial charge on any atom is 0.198 e. The van der Waals surface area contributed by atoms with Crippen molar-refractivity contribution < 1.29 is 29.7 Å². The number of aromatic hydroxyl groups is 2. The number of phenolic OH excluding ortho intramolecular Hbond substituents is 2. The highest BCUT2D eigenvalue weighted by atomic mass is 16.3. The summed E-state index contributed by atoms with van der Waals surface area (Å²) < 4.78 is 0. The molecule has 0 heterocycles. The van der Waals surface area contributed by atoms with Crippen LogP contribution in [0.4, 0.5) is 0 Å². The molecular weight excluding hydrogens is 336 g/mol. The lowest BCUT2D eigenvalue weighted by Crippen LogP contribution is -2.42. The van der Waals surface area contributed by atoms with E-state index < -0.39 is 34.4 Å². The zero-order valence-corrected chi connectivity index (χ0v) is 14.3. The van der Waals surface area contributed by atoms with E-state index in [4.69, 9.17) is 0 Å². The molecule has 6 nitrogen and oxygen atoms in total. The lowest BCUT2D eigenvalue weighted by atomic mass is 9.73. The average Bonchev–Trinajstić information content (AvgIpc) is 2.60. The number of fused-ring (bicyclic) bond motifs is 2. The van der Waals surface area contributed by atoms with E-state index in [1.54, 1.807) is 0 Å². The van der Waals surface area contributed by atoms with Gasteiger partial charge in [0.15, 0.2) is 17.3 Å². The molecule has 0 saturated heterocycles. The highest BCUT2D eigenvalue weighted by Gasteiger charge is 2.43. The lowest BCUT2D eigenvalue weighted by Gasteiger charge is -2.33. The molecular formula is C20H18O6. The molecule has 3 N–H and O–H groups in total. The zero-order valence-electron chi connectivity index (χ0n) is 14.3. The van der Waals surface area contributed by atoms with Crippen molar-refractivity contribution in [2.45, 2.75) is 31.8 Å². The SMILES string of the molecule is C=CC1=C(C=C)C(=O)c2c(O)c3c(c(O)c2C1=O)CCC(O)(C(C)=O)C3. The van der Waals surface area contributed by atoms with Gasteiger partial charge in [-0.3, -0.25) is 14.4 Å². The second kappa shape index (κ2) is 5.78. The third-order valence-electron chi connectivity index (χ3n) is 5.21. The molecule has 3 rings (SSSR count). The molecule has 0 aromatic heterocycles. The summed E-state index contributed by atoms with van der Waals surface area (Å²) in [6, 6.07) is 0. The average molecular weight is 354 g/mol. The van der Waals surface area contributed by atoms with E-state index in [2.05, 4.69) is 13.2 Å². The number of phenols is 2. The molecule has 2 aliphatic rings. The van der Waals surface area contributed by atoms with Gasteiger partial charge in [-0.2, -0.15) is 0 Å². The van der Waals surface area contributed by atoms with Crippen LogP contribution in [0.5, 0.6) is 11.5 Å². The van der Waals surface area contributed by atoms with Crippen LogP contribution >= 0.6 is 0 Å². The van der Waals surface area contributed by atoms with Gasteiger partial charge in [-0.25, -0.2) is 0 Å². The van der Waals surface area contributed by atoms with Crippen LogP contribution in [0.25, 0.3) is 0 Å². The molecule has 134 valence electrons. The highest BCUT2D eigenvalue weighted by molar-refractivity contribution is 6.31. The Morgan fingerprint density at radius 3 is 1.88 bits per heavy atom. The van der Waals surface area contributed by atoms with Crippen molar-refractivity contribution in [2.75, 3.05) is 0 Å². The smallest absolute Gasteiger partial charge is 0.198 e. The molecule has 0 aliphatic heterocycles. The maximum absolute atomic E-state index is 12.8.